The number of benzene rings is 3. The number of Topliss-reactive ketones (excluding diaryl/α,β-unsaturated/α-hetero) is 1. The van der Waals surface area contributed by atoms with Crippen LogP contribution in [0, 0.1) is 0 Å². The molecule has 3 aromatic carbocycles. The van der Waals surface area contributed by atoms with Gasteiger partial charge in [-0.15, -0.1) is 0 Å². The number of ketones is 1. The summed E-state index contributed by atoms with van der Waals surface area (Å²) in [6.07, 6.45) is 1.51. The number of ether oxygens (including phenoxy) is 2. The van der Waals surface area contributed by atoms with Crippen LogP contribution >= 0.6 is 11.6 Å². The van der Waals surface area contributed by atoms with Crippen LogP contribution in [-0.4, -0.2) is 30.1 Å². The second kappa shape index (κ2) is 12.0. The Hall–Kier alpha value is -4.03. The Morgan fingerprint density at radius 1 is 1.02 bits per heavy atom. The molecule has 3 aromatic rings. The number of allylic oxidation sites excluding steroid dienone is 3. The van der Waals surface area contributed by atoms with Gasteiger partial charge < -0.3 is 19.9 Å². The van der Waals surface area contributed by atoms with Crippen molar-refractivity contribution < 1.29 is 24.2 Å². The fraction of sp³-hybridized carbons (Fsp3) is 0.273. The van der Waals surface area contributed by atoms with E-state index in [-0.39, 0.29) is 24.1 Å². The second-order valence-corrected chi connectivity index (χ2v) is 10.5. The van der Waals surface area contributed by atoms with Crippen molar-refractivity contribution in [2.45, 2.75) is 44.9 Å². The number of aromatic hydroxyl groups is 1. The maximum atomic E-state index is 13.8. The first-order valence-electron chi connectivity index (χ1n) is 13.5. The number of rotatable bonds is 8. The lowest BCUT2D eigenvalue weighted by molar-refractivity contribution is -0.139. The van der Waals surface area contributed by atoms with Crippen LogP contribution in [0.1, 0.15) is 55.2 Å². The Kier molecular flexibility index (Phi) is 8.27. The first-order valence-corrected chi connectivity index (χ1v) is 13.9. The average molecular weight is 558 g/mol. The maximum absolute atomic E-state index is 13.8. The lowest BCUT2D eigenvalue weighted by atomic mass is 9.71. The monoisotopic (exact) mass is 557 g/mol. The minimum atomic E-state index is -0.654. The van der Waals surface area contributed by atoms with Crippen molar-refractivity contribution in [3.05, 3.63) is 117 Å². The van der Waals surface area contributed by atoms with Crippen LogP contribution < -0.4 is 10.1 Å². The summed E-state index contributed by atoms with van der Waals surface area (Å²) in [5, 5.41) is 14.4. The van der Waals surface area contributed by atoms with Crippen LogP contribution in [0.4, 0.5) is 0 Å². The summed E-state index contributed by atoms with van der Waals surface area (Å²) < 4.78 is 11.4. The summed E-state index contributed by atoms with van der Waals surface area (Å²) >= 11 is 6.09. The molecule has 1 heterocycles. The van der Waals surface area contributed by atoms with Gasteiger partial charge in [0.25, 0.3) is 0 Å². The SMILES string of the molecule is CCOc1cc([C@@H]2C(C(=O)OCCc3ccccc3)=C(C)NC3=C2C(=O)C[C@@H](c2ccc(Cl)cc2)C3)ccc1O. The van der Waals surface area contributed by atoms with E-state index in [9.17, 15) is 14.7 Å². The molecule has 1 aliphatic heterocycles. The highest BCUT2D eigenvalue weighted by molar-refractivity contribution is 6.30. The molecular formula is C33H32ClNO5. The minimum Gasteiger partial charge on any atom is -0.504 e. The molecule has 0 saturated heterocycles. The highest BCUT2D eigenvalue weighted by Crippen LogP contribution is 2.47. The van der Waals surface area contributed by atoms with Gasteiger partial charge >= 0.3 is 5.97 Å². The lowest BCUT2D eigenvalue weighted by Gasteiger charge is -2.36. The highest BCUT2D eigenvalue weighted by atomic mass is 35.5. The zero-order valence-electron chi connectivity index (χ0n) is 22.6. The van der Waals surface area contributed by atoms with Crippen LogP contribution in [0.25, 0.3) is 0 Å². The van der Waals surface area contributed by atoms with Crippen molar-refractivity contribution >= 4 is 23.4 Å². The van der Waals surface area contributed by atoms with Crippen LogP contribution in [0.3, 0.4) is 0 Å². The molecule has 0 aromatic heterocycles. The summed E-state index contributed by atoms with van der Waals surface area (Å²) in [6, 6.07) is 22.4. The topological polar surface area (TPSA) is 84.9 Å². The predicted octanol–water partition coefficient (Wildman–Crippen LogP) is 6.59. The second-order valence-electron chi connectivity index (χ2n) is 10.1. The zero-order chi connectivity index (χ0) is 28.2. The van der Waals surface area contributed by atoms with Crippen LogP contribution in [0.15, 0.2) is 95.3 Å². The van der Waals surface area contributed by atoms with Crippen molar-refractivity contribution in [3.63, 3.8) is 0 Å². The number of nitrogens with one attached hydrogen (secondary N) is 1. The Bertz CT molecular complexity index is 1480. The van der Waals surface area contributed by atoms with Gasteiger partial charge in [-0.1, -0.05) is 60.1 Å². The molecule has 206 valence electrons. The highest BCUT2D eigenvalue weighted by Gasteiger charge is 2.41. The molecule has 0 saturated carbocycles. The molecule has 0 fully saturated rings. The Balaban J connectivity index is 1.50. The predicted molar refractivity (Wildman–Crippen MR) is 154 cm³/mol. The van der Waals surface area contributed by atoms with Gasteiger partial charge in [0.15, 0.2) is 17.3 Å². The van der Waals surface area contributed by atoms with Gasteiger partial charge in [0, 0.05) is 40.7 Å². The molecule has 6 nitrogen and oxygen atoms in total. The van der Waals surface area contributed by atoms with E-state index >= 15 is 0 Å². The van der Waals surface area contributed by atoms with Gasteiger partial charge in [-0.25, -0.2) is 4.79 Å². The molecule has 0 bridgehead atoms. The van der Waals surface area contributed by atoms with E-state index in [4.69, 9.17) is 21.1 Å². The van der Waals surface area contributed by atoms with Gasteiger partial charge in [0.05, 0.1) is 18.8 Å². The normalized spacial score (nSPS) is 18.7. The fourth-order valence-electron chi connectivity index (χ4n) is 5.58. The Labute approximate surface area is 239 Å². The molecule has 40 heavy (non-hydrogen) atoms. The molecule has 0 radical (unpaired) electrons. The first-order chi connectivity index (χ1) is 19.4. The molecule has 1 aliphatic carbocycles. The molecule has 5 rings (SSSR count). The number of phenolic OH excluding ortho intramolecular Hbond substituents is 1. The number of phenols is 1. The van der Waals surface area contributed by atoms with Crippen molar-refractivity contribution in [2.75, 3.05) is 13.2 Å². The van der Waals surface area contributed by atoms with Gasteiger partial charge in [-0.2, -0.15) is 0 Å². The molecule has 2 atom stereocenters. The fourth-order valence-corrected chi connectivity index (χ4v) is 5.70. The quantitative estimate of drug-likeness (QED) is 0.304. The summed E-state index contributed by atoms with van der Waals surface area (Å²) in [4.78, 5) is 27.4. The van der Waals surface area contributed by atoms with E-state index < -0.39 is 11.9 Å². The third-order valence-electron chi connectivity index (χ3n) is 7.47. The standard InChI is InChI=1S/C33H32ClNO5/c1-3-39-29-19-23(11-14-27(29)36)31-30(33(38)40-16-15-21-7-5-4-6-8-21)20(2)35-26-17-24(18-28(37)32(26)31)22-9-12-25(34)13-10-22/h4-14,19,24,31,35-36H,3,15-18H2,1-2H3/t24-,31+/m0/s1. The largest absolute Gasteiger partial charge is 0.504 e. The number of carbonyl (C=O) groups is 2. The van der Waals surface area contributed by atoms with E-state index in [0.717, 1.165) is 16.8 Å². The molecular weight excluding hydrogens is 526 g/mol. The first kappa shape index (κ1) is 27.5. The van der Waals surface area contributed by atoms with Crippen molar-refractivity contribution in [1.29, 1.82) is 0 Å². The Morgan fingerprint density at radius 2 is 1.75 bits per heavy atom. The van der Waals surface area contributed by atoms with Gasteiger partial charge in [0.2, 0.25) is 0 Å². The van der Waals surface area contributed by atoms with E-state index in [2.05, 4.69) is 5.32 Å². The third-order valence-corrected chi connectivity index (χ3v) is 7.72. The molecule has 0 amide bonds. The van der Waals surface area contributed by atoms with E-state index in [1.165, 1.54) is 0 Å². The number of dihydropyridines is 1. The molecule has 0 unspecified atom stereocenters. The molecule has 7 heteroatoms. The third kappa shape index (κ3) is 5.77. The maximum Gasteiger partial charge on any atom is 0.336 e. The average Bonchev–Trinajstić information content (AvgIpc) is 2.94. The van der Waals surface area contributed by atoms with Gasteiger partial charge in [-0.3, -0.25) is 4.79 Å². The van der Waals surface area contributed by atoms with E-state index in [1.807, 2.05) is 68.4 Å². The van der Waals surface area contributed by atoms with E-state index in [1.54, 1.807) is 18.2 Å². The zero-order valence-corrected chi connectivity index (χ0v) is 23.3. The lowest BCUT2D eigenvalue weighted by Crippen LogP contribution is -2.36. The van der Waals surface area contributed by atoms with Crippen molar-refractivity contribution in [1.82, 2.24) is 5.32 Å². The van der Waals surface area contributed by atoms with Crippen LogP contribution in [0.2, 0.25) is 5.02 Å². The number of carbonyl (C=O) groups excluding carboxylic acids is 2. The minimum absolute atomic E-state index is 0.000741. The molecule has 2 N–H and O–H groups in total. The van der Waals surface area contributed by atoms with Crippen LogP contribution in [-0.2, 0) is 20.7 Å². The number of esters is 1. The van der Waals surface area contributed by atoms with E-state index in [0.29, 0.717) is 59.0 Å². The number of hydrogen-bond acceptors (Lipinski definition) is 6. The number of halogens is 1. The van der Waals surface area contributed by atoms with Crippen molar-refractivity contribution in [2.24, 2.45) is 0 Å². The Morgan fingerprint density at radius 3 is 2.48 bits per heavy atom. The van der Waals surface area contributed by atoms with Gasteiger partial charge in [-0.05, 0) is 67.1 Å². The number of hydrogen-bond donors (Lipinski definition) is 2. The van der Waals surface area contributed by atoms with Crippen LogP contribution in [0.5, 0.6) is 11.5 Å². The summed E-state index contributed by atoms with van der Waals surface area (Å²) in [7, 11) is 0. The molecule has 2 aliphatic rings. The summed E-state index contributed by atoms with van der Waals surface area (Å²) in [5.41, 5.74) is 5.17. The molecule has 0 spiro atoms. The summed E-state index contributed by atoms with van der Waals surface area (Å²) in [5.74, 6) is -0.874. The van der Waals surface area contributed by atoms with Gasteiger partial charge in [0.1, 0.15) is 0 Å². The van der Waals surface area contributed by atoms with Crippen molar-refractivity contribution in [3.8, 4) is 11.5 Å². The summed E-state index contributed by atoms with van der Waals surface area (Å²) in [6.45, 7) is 4.25. The smallest absolute Gasteiger partial charge is 0.336 e.